The molecule has 0 aliphatic heterocycles. The molecule has 7 nitrogen and oxygen atoms in total. The molecule has 0 unspecified atom stereocenters. The van der Waals surface area contributed by atoms with Gasteiger partial charge in [0.05, 0.1) is 5.69 Å². The first kappa shape index (κ1) is 14.9. The predicted molar refractivity (Wildman–Crippen MR) is 94.1 cm³/mol. The van der Waals surface area contributed by atoms with Gasteiger partial charge in [-0.3, -0.25) is 0 Å². The fraction of sp³-hybridized carbons (Fsp3) is 0.0556. The van der Waals surface area contributed by atoms with E-state index in [4.69, 9.17) is 10.5 Å². The van der Waals surface area contributed by atoms with Crippen molar-refractivity contribution in [2.24, 2.45) is 0 Å². The van der Waals surface area contributed by atoms with Crippen molar-refractivity contribution < 1.29 is 4.74 Å². The number of H-pyrrole nitrogens is 1. The molecule has 0 fully saturated rings. The summed E-state index contributed by atoms with van der Waals surface area (Å²) in [6, 6.07) is 17.6. The van der Waals surface area contributed by atoms with Gasteiger partial charge >= 0.3 is 0 Å². The van der Waals surface area contributed by atoms with Gasteiger partial charge in [-0.1, -0.05) is 24.3 Å². The Balaban J connectivity index is 1.51. The van der Waals surface area contributed by atoms with Gasteiger partial charge in [-0.2, -0.15) is 15.4 Å². The molecule has 2 aromatic heterocycles. The second kappa shape index (κ2) is 6.48. The monoisotopic (exact) mass is 332 g/mol. The Kier molecular flexibility index (Phi) is 3.88. The predicted octanol–water partition coefficient (Wildman–Crippen LogP) is 2.82. The second-order valence-corrected chi connectivity index (χ2v) is 5.49. The van der Waals surface area contributed by atoms with Crippen LogP contribution in [0.25, 0.3) is 16.9 Å². The first-order chi connectivity index (χ1) is 12.3. The molecule has 3 N–H and O–H groups in total. The fourth-order valence-electron chi connectivity index (χ4n) is 2.56. The summed E-state index contributed by atoms with van der Waals surface area (Å²) >= 11 is 0. The molecular weight excluding hydrogens is 316 g/mol. The highest BCUT2D eigenvalue weighted by Crippen LogP contribution is 2.25. The minimum Gasteiger partial charge on any atom is -0.489 e. The van der Waals surface area contributed by atoms with E-state index in [0.717, 1.165) is 22.6 Å². The molecule has 0 saturated carbocycles. The minimum atomic E-state index is 0.365. The maximum Gasteiger partial charge on any atom is 0.173 e. The molecule has 0 aliphatic carbocycles. The molecule has 25 heavy (non-hydrogen) atoms. The molecule has 0 radical (unpaired) electrons. The number of nitrogen functional groups attached to an aromatic ring is 1. The summed E-state index contributed by atoms with van der Waals surface area (Å²) in [5, 5.41) is 14.7. The van der Waals surface area contributed by atoms with Gasteiger partial charge in [0.2, 0.25) is 0 Å². The molecule has 0 bridgehead atoms. The minimum absolute atomic E-state index is 0.365. The number of nitrogens with one attached hydrogen (secondary N) is 1. The van der Waals surface area contributed by atoms with Crippen molar-refractivity contribution in [2.75, 3.05) is 5.73 Å². The summed E-state index contributed by atoms with van der Waals surface area (Å²) in [5.74, 6) is 1.11. The molecule has 124 valence electrons. The Bertz CT molecular complexity index is 977. The van der Waals surface area contributed by atoms with Crippen LogP contribution in [0.5, 0.6) is 5.75 Å². The zero-order valence-electron chi connectivity index (χ0n) is 13.3. The van der Waals surface area contributed by atoms with Crippen molar-refractivity contribution in [2.45, 2.75) is 6.61 Å². The number of hydrogen-bond donors (Lipinski definition) is 2. The summed E-state index contributed by atoms with van der Waals surface area (Å²) in [4.78, 5) is 0. The number of aromatic amines is 1. The van der Waals surface area contributed by atoms with Crippen molar-refractivity contribution in [3.8, 4) is 22.7 Å². The number of aromatic nitrogens is 5. The Hall–Kier alpha value is -3.61. The SMILES string of the molecule is Nc1n[nH]nc1-c1cccc(OCc2cccc(-n3cccn3)c2)c1. The summed E-state index contributed by atoms with van der Waals surface area (Å²) < 4.78 is 7.73. The van der Waals surface area contributed by atoms with Crippen molar-refractivity contribution >= 4 is 5.82 Å². The van der Waals surface area contributed by atoms with Crippen molar-refractivity contribution in [3.05, 3.63) is 72.6 Å². The lowest BCUT2D eigenvalue weighted by Crippen LogP contribution is -1.99. The van der Waals surface area contributed by atoms with Gasteiger partial charge in [-0.25, -0.2) is 4.68 Å². The van der Waals surface area contributed by atoms with E-state index in [1.165, 1.54) is 0 Å². The van der Waals surface area contributed by atoms with Gasteiger partial charge in [-0.05, 0) is 35.9 Å². The lowest BCUT2D eigenvalue weighted by Gasteiger charge is -2.09. The van der Waals surface area contributed by atoms with Crippen LogP contribution in [0.2, 0.25) is 0 Å². The number of nitrogens with zero attached hydrogens (tertiary/aromatic N) is 4. The summed E-state index contributed by atoms with van der Waals surface area (Å²) in [6.07, 6.45) is 3.66. The fourth-order valence-corrected chi connectivity index (χ4v) is 2.56. The highest BCUT2D eigenvalue weighted by molar-refractivity contribution is 5.70. The van der Waals surface area contributed by atoms with E-state index >= 15 is 0 Å². The third-order valence-electron chi connectivity index (χ3n) is 3.77. The normalized spacial score (nSPS) is 10.7. The molecule has 4 rings (SSSR count). The summed E-state index contributed by atoms with van der Waals surface area (Å²) in [5.41, 5.74) is 9.32. The van der Waals surface area contributed by atoms with Gasteiger partial charge < -0.3 is 10.5 Å². The number of anilines is 1. The van der Waals surface area contributed by atoms with E-state index in [1.807, 2.05) is 65.5 Å². The first-order valence-electron chi connectivity index (χ1n) is 7.78. The molecule has 0 atom stereocenters. The van der Waals surface area contributed by atoms with Crippen LogP contribution in [-0.4, -0.2) is 25.2 Å². The van der Waals surface area contributed by atoms with E-state index < -0.39 is 0 Å². The van der Waals surface area contributed by atoms with Crippen molar-refractivity contribution in [3.63, 3.8) is 0 Å². The highest BCUT2D eigenvalue weighted by Gasteiger charge is 2.08. The summed E-state index contributed by atoms with van der Waals surface area (Å²) in [6.45, 7) is 0.451. The molecule has 2 aromatic carbocycles. The summed E-state index contributed by atoms with van der Waals surface area (Å²) in [7, 11) is 0. The van der Waals surface area contributed by atoms with Crippen molar-refractivity contribution in [1.82, 2.24) is 25.2 Å². The van der Waals surface area contributed by atoms with Gasteiger partial charge in [0, 0.05) is 18.0 Å². The van der Waals surface area contributed by atoms with Crippen LogP contribution >= 0.6 is 0 Å². The van der Waals surface area contributed by atoms with Gasteiger partial charge in [0.1, 0.15) is 18.1 Å². The zero-order valence-corrected chi connectivity index (χ0v) is 13.3. The number of rotatable bonds is 5. The van der Waals surface area contributed by atoms with E-state index in [2.05, 4.69) is 20.5 Å². The maximum absolute atomic E-state index is 5.91. The maximum atomic E-state index is 5.91. The molecular formula is C18H16N6O. The third-order valence-corrected chi connectivity index (χ3v) is 3.77. The Morgan fingerprint density at radius 1 is 1.04 bits per heavy atom. The average molecular weight is 332 g/mol. The number of ether oxygens (including phenoxy) is 1. The lowest BCUT2D eigenvalue weighted by molar-refractivity contribution is 0.306. The first-order valence-corrected chi connectivity index (χ1v) is 7.78. The molecule has 0 amide bonds. The quantitative estimate of drug-likeness (QED) is 0.586. The highest BCUT2D eigenvalue weighted by atomic mass is 16.5. The molecule has 0 aliphatic rings. The molecule has 4 aromatic rings. The Morgan fingerprint density at radius 3 is 2.76 bits per heavy atom. The number of nitrogens with two attached hydrogens (primary N) is 1. The number of benzene rings is 2. The van der Waals surface area contributed by atoms with E-state index in [0.29, 0.717) is 18.1 Å². The van der Waals surface area contributed by atoms with E-state index in [-0.39, 0.29) is 0 Å². The van der Waals surface area contributed by atoms with Crippen LogP contribution in [0.15, 0.2) is 67.0 Å². The van der Waals surface area contributed by atoms with Crippen LogP contribution in [0.4, 0.5) is 5.82 Å². The zero-order chi connectivity index (χ0) is 17.1. The Labute approximate surface area is 144 Å². The second-order valence-electron chi connectivity index (χ2n) is 5.49. The standard InChI is InChI=1S/C18H16N6O/c19-18-17(21-23-22-18)14-5-2-7-16(11-14)25-12-13-4-1-6-15(10-13)24-9-3-8-20-24/h1-11H,12H2,(H3,19,21,22,23). The molecule has 7 heteroatoms. The molecule has 0 spiro atoms. The van der Waals surface area contributed by atoms with Crippen LogP contribution in [0.1, 0.15) is 5.56 Å². The van der Waals surface area contributed by atoms with Crippen LogP contribution in [0, 0.1) is 0 Å². The topological polar surface area (TPSA) is 94.6 Å². The molecule has 2 heterocycles. The molecule has 0 saturated heterocycles. The van der Waals surface area contributed by atoms with Crippen LogP contribution < -0.4 is 10.5 Å². The Morgan fingerprint density at radius 2 is 1.96 bits per heavy atom. The largest absolute Gasteiger partial charge is 0.489 e. The number of hydrogen-bond acceptors (Lipinski definition) is 5. The average Bonchev–Trinajstić information content (AvgIpc) is 3.32. The van der Waals surface area contributed by atoms with Crippen molar-refractivity contribution in [1.29, 1.82) is 0 Å². The van der Waals surface area contributed by atoms with Crippen LogP contribution in [0.3, 0.4) is 0 Å². The lowest BCUT2D eigenvalue weighted by atomic mass is 10.1. The smallest absolute Gasteiger partial charge is 0.173 e. The van der Waals surface area contributed by atoms with E-state index in [9.17, 15) is 0 Å². The van der Waals surface area contributed by atoms with E-state index in [1.54, 1.807) is 6.20 Å². The third kappa shape index (κ3) is 3.20. The van der Waals surface area contributed by atoms with Gasteiger partial charge in [-0.15, -0.1) is 5.10 Å². The van der Waals surface area contributed by atoms with Gasteiger partial charge in [0.15, 0.2) is 5.82 Å². The van der Waals surface area contributed by atoms with Crippen LogP contribution in [-0.2, 0) is 6.61 Å². The van der Waals surface area contributed by atoms with Gasteiger partial charge in [0.25, 0.3) is 0 Å².